The Labute approximate surface area is 179 Å². The van der Waals surface area contributed by atoms with E-state index in [2.05, 4.69) is 0 Å². The van der Waals surface area contributed by atoms with E-state index in [1.807, 2.05) is 24.3 Å². The van der Waals surface area contributed by atoms with Crippen LogP contribution in [0, 0.1) is 5.82 Å². The van der Waals surface area contributed by atoms with Gasteiger partial charge in [-0.05, 0) is 60.5 Å². The summed E-state index contributed by atoms with van der Waals surface area (Å²) in [5.41, 5.74) is 6.46. The standard InChI is InChI=1S/C22H23FN2O3S2/c23-15-9-11-17(12-10-15)30(27,28)25-13-5-1-2-6-16(25)14-19-18-7-3-4-8-20(18)29-21(19)22(24)26/h3-4,7-12,16H,1-2,5-6,13-14H2,(H2,24,26)/t16-/m1/s1. The molecule has 30 heavy (non-hydrogen) atoms. The number of carbonyl (C=O) groups excluding carboxylic acids is 1. The number of sulfonamides is 1. The van der Waals surface area contributed by atoms with E-state index in [4.69, 9.17) is 5.73 Å². The van der Waals surface area contributed by atoms with Crippen LogP contribution in [0.15, 0.2) is 53.4 Å². The van der Waals surface area contributed by atoms with Gasteiger partial charge in [0.05, 0.1) is 9.77 Å². The van der Waals surface area contributed by atoms with Crippen molar-refractivity contribution < 1.29 is 17.6 Å². The summed E-state index contributed by atoms with van der Waals surface area (Å²) in [5.74, 6) is -0.968. The number of halogens is 1. The van der Waals surface area contributed by atoms with Crippen LogP contribution in [-0.4, -0.2) is 31.2 Å². The van der Waals surface area contributed by atoms with Crippen molar-refractivity contribution in [3.05, 3.63) is 64.8 Å². The minimum Gasteiger partial charge on any atom is -0.365 e. The van der Waals surface area contributed by atoms with Crippen LogP contribution in [0.25, 0.3) is 10.1 Å². The molecule has 158 valence electrons. The Hall–Kier alpha value is -2.29. The lowest BCUT2D eigenvalue weighted by atomic mass is 9.99. The number of hydrogen-bond acceptors (Lipinski definition) is 4. The van der Waals surface area contributed by atoms with Gasteiger partial charge in [-0.25, -0.2) is 12.8 Å². The topological polar surface area (TPSA) is 80.5 Å². The first kappa shape index (κ1) is 21.0. The number of amides is 1. The smallest absolute Gasteiger partial charge is 0.259 e. The Kier molecular flexibility index (Phi) is 5.90. The van der Waals surface area contributed by atoms with Crippen molar-refractivity contribution in [2.45, 2.75) is 43.0 Å². The number of rotatable bonds is 5. The van der Waals surface area contributed by atoms with E-state index in [1.165, 1.54) is 27.8 Å². The van der Waals surface area contributed by atoms with Gasteiger partial charge in [0.1, 0.15) is 5.82 Å². The second kappa shape index (κ2) is 8.45. The molecule has 4 rings (SSSR count). The van der Waals surface area contributed by atoms with Crippen molar-refractivity contribution in [3.8, 4) is 0 Å². The lowest BCUT2D eigenvalue weighted by molar-refractivity contribution is 0.100. The molecule has 0 unspecified atom stereocenters. The van der Waals surface area contributed by atoms with Gasteiger partial charge in [-0.3, -0.25) is 4.79 Å². The van der Waals surface area contributed by atoms with Crippen molar-refractivity contribution in [2.75, 3.05) is 6.54 Å². The molecule has 1 amide bonds. The predicted molar refractivity (Wildman–Crippen MR) is 117 cm³/mol. The molecule has 0 spiro atoms. The summed E-state index contributed by atoms with van der Waals surface area (Å²) >= 11 is 1.35. The highest BCUT2D eigenvalue weighted by Gasteiger charge is 2.34. The molecular formula is C22H23FN2O3S2. The molecule has 1 atom stereocenters. The molecule has 8 heteroatoms. The molecule has 2 heterocycles. The van der Waals surface area contributed by atoms with Gasteiger partial charge >= 0.3 is 0 Å². The molecule has 1 aliphatic heterocycles. The van der Waals surface area contributed by atoms with E-state index in [-0.39, 0.29) is 10.9 Å². The summed E-state index contributed by atoms with van der Waals surface area (Å²) in [5, 5.41) is 0.944. The van der Waals surface area contributed by atoms with Crippen molar-refractivity contribution in [1.29, 1.82) is 0 Å². The van der Waals surface area contributed by atoms with Gasteiger partial charge in [0.25, 0.3) is 5.91 Å². The van der Waals surface area contributed by atoms with E-state index >= 15 is 0 Å². The van der Waals surface area contributed by atoms with Crippen molar-refractivity contribution in [2.24, 2.45) is 5.73 Å². The molecule has 2 N–H and O–H groups in total. The van der Waals surface area contributed by atoms with Crippen LogP contribution in [-0.2, 0) is 16.4 Å². The third kappa shape index (κ3) is 3.99. The van der Waals surface area contributed by atoms with Gasteiger partial charge in [-0.2, -0.15) is 4.31 Å². The number of hydrogen-bond donors (Lipinski definition) is 1. The number of nitrogens with zero attached hydrogens (tertiary/aromatic N) is 1. The maximum Gasteiger partial charge on any atom is 0.259 e. The van der Waals surface area contributed by atoms with Gasteiger partial charge in [-0.15, -0.1) is 11.3 Å². The zero-order valence-corrected chi connectivity index (χ0v) is 18.0. The summed E-state index contributed by atoms with van der Waals surface area (Å²) in [6.45, 7) is 0.401. The SMILES string of the molecule is NC(=O)c1sc2ccccc2c1C[C@H]1CCCCCN1S(=O)(=O)c1ccc(F)cc1. The zero-order chi connectivity index (χ0) is 21.3. The normalized spacial score (nSPS) is 18.4. The van der Waals surface area contributed by atoms with Crippen LogP contribution in [0.5, 0.6) is 0 Å². The molecule has 0 aliphatic carbocycles. The van der Waals surface area contributed by atoms with Gasteiger partial charge < -0.3 is 5.73 Å². The maximum absolute atomic E-state index is 13.4. The minimum atomic E-state index is -3.79. The average Bonchev–Trinajstić information content (AvgIpc) is 2.91. The highest BCUT2D eigenvalue weighted by atomic mass is 32.2. The van der Waals surface area contributed by atoms with E-state index in [9.17, 15) is 17.6 Å². The Bertz CT molecular complexity index is 1170. The minimum absolute atomic E-state index is 0.0844. The summed E-state index contributed by atoms with van der Waals surface area (Å²) in [6.07, 6.45) is 3.74. The second-order valence-electron chi connectivity index (χ2n) is 7.55. The first-order valence-corrected chi connectivity index (χ1v) is 12.2. The number of thiophene rings is 1. The van der Waals surface area contributed by atoms with Crippen LogP contribution in [0.3, 0.4) is 0 Å². The summed E-state index contributed by atoms with van der Waals surface area (Å²) in [6, 6.07) is 12.4. The molecule has 1 fully saturated rings. The van der Waals surface area contributed by atoms with Crippen molar-refractivity contribution in [3.63, 3.8) is 0 Å². The van der Waals surface area contributed by atoms with Gasteiger partial charge in [0.15, 0.2) is 0 Å². The monoisotopic (exact) mass is 446 g/mol. The molecular weight excluding hydrogens is 423 g/mol. The number of nitrogens with two attached hydrogens (primary N) is 1. The van der Waals surface area contributed by atoms with E-state index in [0.717, 1.165) is 47.0 Å². The third-order valence-corrected chi connectivity index (χ3v) is 8.80. The first-order valence-electron chi connectivity index (χ1n) is 9.95. The van der Waals surface area contributed by atoms with E-state index < -0.39 is 21.7 Å². The van der Waals surface area contributed by atoms with E-state index in [1.54, 1.807) is 0 Å². The Morgan fingerprint density at radius 3 is 2.57 bits per heavy atom. The van der Waals surface area contributed by atoms with Crippen LogP contribution in [0.1, 0.15) is 40.9 Å². The largest absolute Gasteiger partial charge is 0.365 e. The highest BCUT2D eigenvalue weighted by molar-refractivity contribution is 7.89. The van der Waals surface area contributed by atoms with Crippen LogP contribution < -0.4 is 5.73 Å². The van der Waals surface area contributed by atoms with E-state index in [0.29, 0.717) is 24.3 Å². The predicted octanol–water partition coefficient (Wildman–Crippen LogP) is 4.32. The fourth-order valence-corrected chi connectivity index (χ4v) is 6.93. The summed E-state index contributed by atoms with van der Waals surface area (Å²) < 4.78 is 42.6. The zero-order valence-electron chi connectivity index (χ0n) is 16.4. The lowest BCUT2D eigenvalue weighted by Gasteiger charge is -2.29. The second-order valence-corrected chi connectivity index (χ2v) is 10.5. The van der Waals surface area contributed by atoms with Crippen LogP contribution in [0.4, 0.5) is 4.39 Å². The average molecular weight is 447 g/mol. The number of primary amides is 1. The Morgan fingerprint density at radius 2 is 1.83 bits per heavy atom. The molecule has 1 aliphatic rings. The fraction of sp³-hybridized carbons (Fsp3) is 0.318. The maximum atomic E-state index is 13.4. The number of benzene rings is 2. The summed E-state index contributed by atoms with van der Waals surface area (Å²) in [4.78, 5) is 12.7. The van der Waals surface area contributed by atoms with Gasteiger partial charge in [0, 0.05) is 17.3 Å². The molecule has 0 bridgehead atoms. The molecule has 0 radical (unpaired) electrons. The summed E-state index contributed by atoms with van der Waals surface area (Å²) in [7, 11) is -3.79. The number of fused-ring (bicyclic) bond motifs is 1. The first-order chi connectivity index (χ1) is 14.4. The van der Waals surface area contributed by atoms with Gasteiger partial charge in [-0.1, -0.05) is 31.0 Å². The highest BCUT2D eigenvalue weighted by Crippen LogP contribution is 2.35. The van der Waals surface area contributed by atoms with Crippen molar-refractivity contribution in [1.82, 2.24) is 4.31 Å². The Balaban J connectivity index is 1.75. The molecule has 2 aromatic carbocycles. The quantitative estimate of drug-likeness (QED) is 0.634. The molecule has 5 nitrogen and oxygen atoms in total. The van der Waals surface area contributed by atoms with Crippen LogP contribution in [0.2, 0.25) is 0 Å². The molecule has 1 aromatic heterocycles. The molecule has 3 aromatic rings. The van der Waals surface area contributed by atoms with Crippen LogP contribution >= 0.6 is 11.3 Å². The van der Waals surface area contributed by atoms with Crippen molar-refractivity contribution >= 4 is 37.4 Å². The third-order valence-electron chi connectivity index (χ3n) is 5.61. The van der Waals surface area contributed by atoms with Gasteiger partial charge in [0.2, 0.25) is 10.0 Å². The molecule has 1 saturated heterocycles. The number of carbonyl (C=O) groups is 1. The molecule has 0 saturated carbocycles. The Morgan fingerprint density at radius 1 is 1.10 bits per heavy atom. The fourth-order valence-electron chi connectivity index (χ4n) is 4.15. The lowest BCUT2D eigenvalue weighted by Crippen LogP contribution is -2.41.